The molecule has 0 unspecified atom stereocenters. The van der Waals surface area contributed by atoms with E-state index in [0.29, 0.717) is 23.0 Å². The van der Waals surface area contributed by atoms with Gasteiger partial charge in [0, 0.05) is 18.2 Å². The molecule has 0 bridgehead atoms. The topological polar surface area (TPSA) is 114 Å². The van der Waals surface area contributed by atoms with Crippen LogP contribution in [0.15, 0.2) is 69.6 Å². The molecule has 0 spiro atoms. The molecule has 1 aliphatic heterocycles. The van der Waals surface area contributed by atoms with Crippen molar-refractivity contribution >= 4 is 29.2 Å². The summed E-state index contributed by atoms with van der Waals surface area (Å²) in [4.78, 5) is 27.8. The second kappa shape index (κ2) is 9.86. The van der Waals surface area contributed by atoms with E-state index in [2.05, 4.69) is 15.2 Å². The molecule has 0 radical (unpaired) electrons. The number of nitrogens with zero attached hydrogens (tertiary/aromatic N) is 5. The van der Waals surface area contributed by atoms with Crippen molar-refractivity contribution in [1.29, 1.82) is 0 Å². The van der Waals surface area contributed by atoms with Gasteiger partial charge in [0.25, 0.3) is 11.5 Å². The van der Waals surface area contributed by atoms with Crippen molar-refractivity contribution < 1.29 is 14.3 Å². The van der Waals surface area contributed by atoms with Crippen LogP contribution in [0.4, 0.5) is 0 Å². The van der Waals surface area contributed by atoms with Crippen LogP contribution in [0.1, 0.15) is 29.3 Å². The number of thioether (sulfide) groups is 1. The van der Waals surface area contributed by atoms with Gasteiger partial charge in [0.05, 0.1) is 31.7 Å². The van der Waals surface area contributed by atoms with E-state index < -0.39 is 0 Å². The molecule has 1 amide bonds. The van der Waals surface area contributed by atoms with Crippen LogP contribution in [0.3, 0.4) is 0 Å². The Balaban J connectivity index is 1.41. The summed E-state index contributed by atoms with van der Waals surface area (Å²) in [7, 11) is 3.24. The first kappa shape index (κ1) is 23.6. The third-order valence-corrected chi connectivity index (χ3v) is 6.89. The number of amides is 1. The largest absolute Gasteiger partial charge is 0.497 e. The number of rotatable bonds is 7. The molecule has 2 aromatic heterocycles. The first-order valence-electron chi connectivity index (χ1n) is 11.2. The smallest absolute Gasteiger partial charge is 0.253 e. The van der Waals surface area contributed by atoms with Gasteiger partial charge >= 0.3 is 0 Å². The van der Waals surface area contributed by atoms with Crippen LogP contribution in [-0.2, 0) is 4.79 Å². The summed E-state index contributed by atoms with van der Waals surface area (Å²) >= 11 is 1.25. The zero-order valence-electron chi connectivity index (χ0n) is 20.0. The van der Waals surface area contributed by atoms with Crippen LogP contribution in [0, 0.1) is 6.92 Å². The highest BCUT2D eigenvalue weighted by atomic mass is 32.2. The van der Waals surface area contributed by atoms with Crippen molar-refractivity contribution in [3.8, 4) is 11.5 Å². The number of H-pyrrole nitrogens is 1. The van der Waals surface area contributed by atoms with Crippen molar-refractivity contribution in [1.82, 2.24) is 24.6 Å². The number of hydrogen-bond acceptors (Lipinski definition) is 8. The first-order chi connectivity index (χ1) is 17.5. The van der Waals surface area contributed by atoms with E-state index in [-0.39, 0.29) is 23.3 Å². The van der Waals surface area contributed by atoms with Crippen molar-refractivity contribution in [3.63, 3.8) is 0 Å². The van der Waals surface area contributed by atoms with Crippen LogP contribution in [0.25, 0.3) is 5.78 Å². The summed E-state index contributed by atoms with van der Waals surface area (Å²) in [5, 5.41) is 15.0. The average Bonchev–Trinajstić information content (AvgIpc) is 3.52. The minimum Gasteiger partial charge on any atom is -0.497 e. The van der Waals surface area contributed by atoms with Gasteiger partial charge in [-0.25, -0.2) is 5.01 Å². The zero-order valence-corrected chi connectivity index (χ0v) is 20.8. The fraction of sp³-hybridized carbons (Fsp3) is 0.240. The third-order valence-electron chi connectivity index (χ3n) is 5.98. The highest BCUT2D eigenvalue weighted by Crippen LogP contribution is 2.34. The summed E-state index contributed by atoms with van der Waals surface area (Å²) in [6.45, 7) is 1.79. The predicted octanol–water partition coefficient (Wildman–Crippen LogP) is 3.21. The van der Waals surface area contributed by atoms with Crippen LogP contribution >= 0.6 is 11.8 Å². The number of nitrogens with one attached hydrogen (secondary N) is 1. The molecule has 2 aromatic carbocycles. The molecule has 1 atom stereocenters. The highest BCUT2D eigenvalue weighted by molar-refractivity contribution is 7.99. The number of benzene rings is 2. The Bertz CT molecular complexity index is 1490. The molecule has 1 N–H and O–H groups in total. The number of fused-ring (bicyclic) bond motifs is 1. The first-order valence-corrected chi connectivity index (χ1v) is 12.2. The Labute approximate surface area is 211 Å². The zero-order chi connectivity index (χ0) is 25.2. The molecule has 0 saturated heterocycles. The number of aryl methyl sites for hydroxylation is 1. The van der Waals surface area contributed by atoms with Crippen LogP contribution < -0.4 is 15.0 Å². The summed E-state index contributed by atoms with van der Waals surface area (Å²) in [5.74, 6) is 1.78. The molecule has 1 aliphatic rings. The molecule has 0 saturated carbocycles. The SMILES string of the molecule is COc1ccc(C2=NN(C(=O)CSc3nnc4[nH]c(=O)cc(C)n34)[C@@H](c3ccc(OC)cc3)C2)cc1. The fourth-order valence-corrected chi connectivity index (χ4v) is 4.98. The van der Waals surface area contributed by atoms with Crippen molar-refractivity contribution in [2.75, 3.05) is 20.0 Å². The van der Waals surface area contributed by atoms with Crippen LogP contribution in [0.5, 0.6) is 11.5 Å². The minimum atomic E-state index is -0.255. The molecule has 5 rings (SSSR count). The number of aromatic nitrogens is 4. The molecular formula is C25H24N6O4S. The number of methoxy groups -OCH3 is 2. The number of ether oxygens (including phenoxy) is 2. The van der Waals surface area contributed by atoms with E-state index in [9.17, 15) is 9.59 Å². The van der Waals surface area contributed by atoms with Gasteiger partial charge in [0.2, 0.25) is 5.78 Å². The molecule has 0 fully saturated rings. The Morgan fingerprint density at radius 2 is 1.72 bits per heavy atom. The lowest BCUT2D eigenvalue weighted by molar-refractivity contribution is -0.130. The maximum atomic E-state index is 13.4. The lowest BCUT2D eigenvalue weighted by Crippen LogP contribution is -2.28. The van der Waals surface area contributed by atoms with Gasteiger partial charge in [-0.05, 0) is 54.4 Å². The second-order valence-corrected chi connectivity index (χ2v) is 9.15. The lowest BCUT2D eigenvalue weighted by atomic mass is 9.98. The predicted molar refractivity (Wildman–Crippen MR) is 136 cm³/mol. The number of carbonyl (C=O) groups is 1. The molecular weight excluding hydrogens is 480 g/mol. The molecule has 0 aliphatic carbocycles. The van der Waals surface area contributed by atoms with Crippen molar-refractivity contribution in [3.05, 3.63) is 81.8 Å². The van der Waals surface area contributed by atoms with Gasteiger partial charge in [-0.15, -0.1) is 10.2 Å². The van der Waals surface area contributed by atoms with Crippen molar-refractivity contribution in [2.24, 2.45) is 5.10 Å². The average molecular weight is 505 g/mol. The summed E-state index contributed by atoms with van der Waals surface area (Å²) in [6.07, 6.45) is 0.573. The number of hydrogen-bond donors (Lipinski definition) is 1. The van der Waals surface area contributed by atoms with Gasteiger partial charge in [-0.3, -0.25) is 19.0 Å². The summed E-state index contributed by atoms with van der Waals surface area (Å²) in [6, 6.07) is 16.5. The van der Waals surface area contributed by atoms with Gasteiger partial charge < -0.3 is 9.47 Å². The second-order valence-electron chi connectivity index (χ2n) is 8.21. The van der Waals surface area contributed by atoms with E-state index in [1.54, 1.807) is 30.6 Å². The quantitative estimate of drug-likeness (QED) is 0.385. The van der Waals surface area contributed by atoms with Gasteiger partial charge in [0.1, 0.15) is 11.5 Å². The van der Waals surface area contributed by atoms with Crippen LogP contribution in [0.2, 0.25) is 0 Å². The maximum absolute atomic E-state index is 13.4. The minimum absolute atomic E-state index is 0.103. The Morgan fingerprint density at radius 1 is 1.06 bits per heavy atom. The van der Waals surface area contributed by atoms with Gasteiger partial charge in [-0.1, -0.05) is 23.9 Å². The normalized spacial score (nSPS) is 15.2. The summed E-state index contributed by atoms with van der Waals surface area (Å²) < 4.78 is 12.3. The molecule has 4 aromatic rings. The van der Waals surface area contributed by atoms with Gasteiger partial charge in [-0.2, -0.15) is 5.10 Å². The Hall–Kier alpha value is -4.12. The number of hydrazone groups is 1. The third kappa shape index (κ3) is 4.57. The molecule has 3 heterocycles. The molecule has 36 heavy (non-hydrogen) atoms. The Morgan fingerprint density at radius 3 is 2.39 bits per heavy atom. The van der Waals surface area contributed by atoms with E-state index in [0.717, 1.165) is 28.3 Å². The van der Waals surface area contributed by atoms with E-state index in [1.807, 2.05) is 48.5 Å². The Kier molecular flexibility index (Phi) is 6.47. The van der Waals surface area contributed by atoms with Crippen LogP contribution in [-0.4, -0.2) is 56.2 Å². The van der Waals surface area contributed by atoms with E-state index >= 15 is 0 Å². The van der Waals surface area contributed by atoms with Gasteiger partial charge in [0.15, 0.2) is 5.16 Å². The lowest BCUT2D eigenvalue weighted by Gasteiger charge is -2.22. The molecule has 10 nitrogen and oxygen atoms in total. The van der Waals surface area contributed by atoms with Crippen molar-refractivity contribution in [2.45, 2.75) is 24.5 Å². The van der Waals surface area contributed by atoms with E-state index in [1.165, 1.54) is 17.8 Å². The summed E-state index contributed by atoms with van der Waals surface area (Å²) in [5.41, 5.74) is 3.15. The maximum Gasteiger partial charge on any atom is 0.253 e. The highest BCUT2D eigenvalue weighted by Gasteiger charge is 2.33. The van der Waals surface area contributed by atoms with E-state index in [4.69, 9.17) is 14.6 Å². The molecule has 11 heteroatoms. The fourth-order valence-electron chi connectivity index (χ4n) is 4.14. The number of carbonyl (C=O) groups excluding carboxylic acids is 1. The molecule has 184 valence electrons. The standard InChI is InChI=1S/C25H24N6O4S/c1-15-12-22(32)26-24-27-28-25(30(15)24)36-14-23(33)31-21(17-6-10-19(35-3)11-7-17)13-20(29-31)16-4-8-18(34-2)9-5-16/h4-12,21H,13-14H2,1-3H3,(H,26,27,32)/t21-/m1/s1. The number of aromatic amines is 1. The monoisotopic (exact) mass is 504 g/mol.